The molecule has 0 bridgehead atoms. The quantitative estimate of drug-likeness (QED) is 0.707. The van der Waals surface area contributed by atoms with Crippen LogP contribution in [0.2, 0.25) is 0 Å². The van der Waals surface area contributed by atoms with E-state index in [9.17, 15) is 13.2 Å². The van der Waals surface area contributed by atoms with E-state index < -0.39 is 21.0 Å². The van der Waals surface area contributed by atoms with Crippen LogP contribution in [-0.4, -0.2) is 39.6 Å². The minimum Gasteiger partial charge on any atom is -0.378 e. The van der Waals surface area contributed by atoms with E-state index in [0.29, 0.717) is 18.7 Å². The molecule has 1 aliphatic rings. The summed E-state index contributed by atoms with van der Waals surface area (Å²) in [6, 6.07) is 6.05. The average Bonchev–Trinajstić information content (AvgIpc) is 2.54. The van der Waals surface area contributed by atoms with E-state index in [0.717, 1.165) is 0 Å². The van der Waals surface area contributed by atoms with Crippen molar-refractivity contribution in [1.29, 1.82) is 0 Å². The van der Waals surface area contributed by atoms with Crippen molar-refractivity contribution in [3.8, 4) is 0 Å². The van der Waals surface area contributed by atoms with Gasteiger partial charge in [0.2, 0.25) is 15.9 Å². The summed E-state index contributed by atoms with van der Waals surface area (Å²) in [5, 5.41) is 2.73. The van der Waals surface area contributed by atoms with E-state index in [1.165, 1.54) is 19.2 Å². The standard InChI is InChI=1S/C16H25N3O4S/c1-5-23-13-10-16(17,15(13,2)3)14(20)19-11-7-6-8-12(9-11)24(21,22)18-4/h6-9,13,18H,5,10,17H2,1-4H3,(H,19,20). The Morgan fingerprint density at radius 2 is 2.08 bits per heavy atom. The first-order chi connectivity index (χ1) is 11.1. The number of ether oxygens (including phenoxy) is 1. The van der Waals surface area contributed by atoms with Crippen LogP contribution in [0.3, 0.4) is 0 Å². The number of rotatable bonds is 6. The summed E-state index contributed by atoms with van der Waals surface area (Å²) in [5.74, 6) is -0.345. The second-order valence-electron chi connectivity index (χ2n) is 6.53. The number of hydrogen-bond donors (Lipinski definition) is 3. The van der Waals surface area contributed by atoms with Crippen LogP contribution in [0.15, 0.2) is 29.2 Å². The average molecular weight is 355 g/mol. The molecule has 24 heavy (non-hydrogen) atoms. The van der Waals surface area contributed by atoms with Crippen molar-refractivity contribution in [3.05, 3.63) is 24.3 Å². The Kier molecular flexibility index (Phi) is 5.06. The van der Waals surface area contributed by atoms with Crippen molar-refractivity contribution >= 4 is 21.6 Å². The van der Waals surface area contributed by atoms with Crippen LogP contribution in [-0.2, 0) is 19.6 Å². The van der Waals surface area contributed by atoms with Gasteiger partial charge < -0.3 is 15.8 Å². The molecule has 0 heterocycles. The fourth-order valence-electron chi connectivity index (χ4n) is 2.92. The van der Waals surface area contributed by atoms with Crippen molar-refractivity contribution in [2.45, 2.75) is 43.7 Å². The largest absolute Gasteiger partial charge is 0.378 e. The highest BCUT2D eigenvalue weighted by Crippen LogP contribution is 2.50. The first-order valence-electron chi connectivity index (χ1n) is 7.84. The maximum atomic E-state index is 12.7. The summed E-state index contributed by atoms with van der Waals surface area (Å²) >= 11 is 0. The second-order valence-corrected chi connectivity index (χ2v) is 8.42. The molecule has 2 rings (SSSR count). The van der Waals surface area contributed by atoms with E-state index in [1.807, 2.05) is 20.8 Å². The maximum absolute atomic E-state index is 12.7. The molecule has 0 radical (unpaired) electrons. The lowest BCUT2D eigenvalue weighted by molar-refractivity contribution is -0.166. The van der Waals surface area contributed by atoms with E-state index in [2.05, 4.69) is 10.0 Å². The molecule has 4 N–H and O–H groups in total. The number of benzene rings is 1. The van der Waals surface area contributed by atoms with Gasteiger partial charge in [-0.15, -0.1) is 0 Å². The summed E-state index contributed by atoms with van der Waals surface area (Å²) < 4.78 is 31.6. The normalized spacial score (nSPS) is 25.8. The monoisotopic (exact) mass is 355 g/mol. The molecule has 2 unspecified atom stereocenters. The van der Waals surface area contributed by atoms with Crippen LogP contribution in [0.1, 0.15) is 27.2 Å². The van der Waals surface area contributed by atoms with Gasteiger partial charge in [0.05, 0.1) is 11.0 Å². The van der Waals surface area contributed by atoms with E-state index >= 15 is 0 Å². The topological polar surface area (TPSA) is 111 Å². The van der Waals surface area contributed by atoms with E-state index in [-0.39, 0.29) is 16.9 Å². The zero-order chi connectivity index (χ0) is 18.2. The molecule has 1 saturated carbocycles. The second kappa shape index (κ2) is 6.44. The molecule has 1 aromatic rings. The van der Waals surface area contributed by atoms with Gasteiger partial charge in [-0.05, 0) is 32.2 Å². The Balaban J connectivity index is 2.18. The molecule has 134 valence electrons. The third kappa shape index (κ3) is 3.06. The minimum atomic E-state index is -3.58. The summed E-state index contributed by atoms with van der Waals surface area (Å²) in [6.45, 7) is 6.27. The van der Waals surface area contributed by atoms with Crippen molar-refractivity contribution in [1.82, 2.24) is 4.72 Å². The van der Waals surface area contributed by atoms with Gasteiger partial charge in [-0.3, -0.25) is 4.79 Å². The SMILES string of the molecule is CCOC1CC(N)(C(=O)Nc2cccc(S(=O)(=O)NC)c2)C1(C)C. The number of nitrogens with two attached hydrogens (primary N) is 1. The Morgan fingerprint density at radius 1 is 1.42 bits per heavy atom. The van der Waals surface area contributed by atoms with Crippen molar-refractivity contribution in [3.63, 3.8) is 0 Å². The van der Waals surface area contributed by atoms with Crippen LogP contribution >= 0.6 is 0 Å². The molecule has 2 atom stereocenters. The molecule has 0 aromatic heterocycles. The number of carbonyl (C=O) groups is 1. The smallest absolute Gasteiger partial charge is 0.245 e. The lowest BCUT2D eigenvalue weighted by atomic mass is 9.54. The molecular formula is C16H25N3O4S. The minimum absolute atomic E-state index is 0.0748. The lowest BCUT2D eigenvalue weighted by Crippen LogP contribution is -2.74. The van der Waals surface area contributed by atoms with Gasteiger partial charge in [-0.1, -0.05) is 19.9 Å². The molecular weight excluding hydrogens is 330 g/mol. The molecule has 1 fully saturated rings. The van der Waals surface area contributed by atoms with Gasteiger partial charge in [-0.2, -0.15) is 0 Å². The molecule has 7 nitrogen and oxygen atoms in total. The number of hydrogen-bond acceptors (Lipinski definition) is 5. The van der Waals surface area contributed by atoms with Crippen molar-refractivity contribution < 1.29 is 17.9 Å². The molecule has 0 spiro atoms. The Bertz CT molecular complexity index is 733. The predicted octanol–water partition coefficient (Wildman–Crippen LogP) is 1.07. The van der Waals surface area contributed by atoms with Crippen molar-refractivity contribution in [2.75, 3.05) is 19.0 Å². The Labute approximate surface area is 143 Å². The zero-order valence-corrected chi connectivity index (χ0v) is 15.2. The van der Waals surface area contributed by atoms with E-state index in [4.69, 9.17) is 10.5 Å². The van der Waals surface area contributed by atoms with Gasteiger partial charge >= 0.3 is 0 Å². The third-order valence-electron chi connectivity index (χ3n) is 4.91. The van der Waals surface area contributed by atoms with Crippen LogP contribution in [0.5, 0.6) is 0 Å². The summed E-state index contributed by atoms with van der Waals surface area (Å²) in [5.41, 5.74) is 5.13. The molecule has 0 saturated heterocycles. The van der Waals surface area contributed by atoms with Gasteiger partial charge in [-0.25, -0.2) is 13.1 Å². The van der Waals surface area contributed by atoms with Gasteiger partial charge in [0.15, 0.2) is 0 Å². The highest BCUT2D eigenvalue weighted by Gasteiger charge is 2.62. The Hall–Kier alpha value is -1.48. The van der Waals surface area contributed by atoms with Gasteiger partial charge in [0.1, 0.15) is 5.54 Å². The fraction of sp³-hybridized carbons (Fsp3) is 0.562. The van der Waals surface area contributed by atoms with Crippen LogP contribution < -0.4 is 15.8 Å². The molecule has 1 aromatic carbocycles. The number of nitrogens with one attached hydrogen (secondary N) is 2. The molecule has 8 heteroatoms. The molecule has 1 aliphatic carbocycles. The first-order valence-corrected chi connectivity index (χ1v) is 9.32. The lowest BCUT2D eigenvalue weighted by Gasteiger charge is -2.57. The zero-order valence-electron chi connectivity index (χ0n) is 14.4. The molecule has 0 aliphatic heterocycles. The highest BCUT2D eigenvalue weighted by molar-refractivity contribution is 7.89. The highest BCUT2D eigenvalue weighted by atomic mass is 32.2. The summed E-state index contributed by atoms with van der Waals surface area (Å²) in [4.78, 5) is 12.7. The number of anilines is 1. The number of sulfonamides is 1. The first kappa shape index (κ1) is 18.9. The fourth-order valence-corrected chi connectivity index (χ4v) is 3.70. The third-order valence-corrected chi connectivity index (χ3v) is 6.32. The Morgan fingerprint density at radius 3 is 2.62 bits per heavy atom. The maximum Gasteiger partial charge on any atom is 0.245 e. The van der Waals surface area contributed by atoms with Gasteiger partial charge in [0, 0.05) is 24.1 Å². The molecule has 1 amide bonds. The van der Waals surface area contributed by atoms with Gasteiger partial charge in [0.25, 0.3) is 0 Å². The predicted molar refractivity (Wildman–Crippen MR) is 92.0 cm³/mol. The number of carbonyl (C=O) groups excluding carboxylic acids is 1. The number of amides is 1. The van der Waals surface area contributed by atoms with Crippen LogP contribution in [0.25, 0.3) is 0 Å². The van der Waals surface area contributed by atoms with Crippen molar-refractivity contribution in [2.24, 2.45) is 11.1 Å². The van der Waals surface area contributed by atoms with Crippen LogP contribution in [0.4, 0.5) is 5.69 Å². The van der Waals surface area contributed by atoms with Crippen LogP contribution in [0, 0.1) is 5.41 Å². The van der Waals surface area contributed by atoms with E-state index in [1.54, 1.807) is 12.1 Å². The summed E-state index contributed by atoms with van der Waals surface area (Å²) in [6.07, 6.45) is 0.350. The summed E-state index contributed by atoms with van der Waals surface area (Å²) in [7, 11) is -2.24.